The smallest absolute Gasteiger partial charge is 0.252 e. The van der Waals surface area contributed by atoms with E-state index < -0.39 is 0 Å². The summed E-state index contributed by atoms with van der Waals surface area (Å²) in [5, 5.41) is 10.6. The fourth-order valence-electron chi connectivity index (χ4n) is 3.06. The van der Waals surface area contributed by atoms with Gasteiger partial charge in [0.2, 0.25) is 0 Å². The number of amides is 1. The first-order chi connectivity index (χ1) is 11.2. The fraction of sp³-hybridized carbons (Fsp3) is 0.111. The summed E-state index contributed by atoms with van der Waals surface area (Å²) in [6.45, 7) is 0. The van der Waals surface area contributed by atoms with Crippen LogP contribution in [0.1, 0.15) is 27.7 Å². The molecule has 2 heterocycles. The molecule has 23 heavy (non-hydrogen) atoms. The molecule has 3 aromatic rings. The van der Waals surface area contributed by atoms with Gasteiger partial charge in [-0.25, -0.2) is 0 Å². The van der Waals surface area contributed by atoms with Crippen LogP contribution < -0.4 is 5.32 Å². The van der Waals surface area contributed by atoms with Gasteiger partial charge in [0.15, 0.2) is 0 Å². The monoisotopic (exact) mass is 415 g/mol. The van der Waals surface area contributed by atoms with Gasteiger partial charge in [-0.05, 0) is 46.2 Å². The van der Waals surface area contributed by atoms with Gasteiger partial charge < -0.3 is 5.32 Å². The molecule has 1 aromatic heterocycles. The molecule has 114 valence electrons. The van der Waals surface area contributed by atoms with Gasteiger partial charge in [0.25, 0.3) is 5.91 Å². The maximum Gasteiger partial charge on any atom is 0.252 e. The van der Waals surface area contributed by atoms with Gasteiger partial charge >= 0.3 is 0 Å². The average molecular weight is 415 g/mol. The van der Waals surface area contributed by atoms with Crippen molar-refractivity contribution in [1.82, 2.24) is 15.5 Å². The quantitative estimate of drug-likeness (QED) is 0.628. The molecule has 0 aliphatic carbocycles. The molecule has 0 spiro atoms. The van der Waals surface area contributed by atoms with E-state index in [2.05, 4.69) is 50.2 Å². The number of nitrogens with zero attached hydrogens (tertiary/aromatic N) is 1. The number of carbonyl (C=O) groups is 1. The van der Waals surface area contributed by atoms with Gasteiger partial charge in [-0.15, -0.1) is 0 Å². The van der Waals surface area contributed by atoms with Crippen LogP contribution in [-0.4, -0.2) is 16.1 Å². The molecule has 4 nitrogen and oxygen atoms in total. The minimum absolute atomic E-state index is 0.0273. The summed E-state index contributed by atoms with van der Waals surface area (Å²) in [6, 6.07) is 17.8. The van der Waals surface area contributed by atoms with Crippen molar-refractivity contribution >= 4 is 28.5 Å². The summed E-state index contributed by atoms with van der Waals surface area (Å²) in [4.78, 5) is 12.4. The van der Waals surface area contributed by atoms with Crippen LogP contribution in [0, 0.1) is 3.70 Å². The number of halogens is 1. The summed E-state index contributed by atoms with van der Waals surface area (Å²) in [7, 11) is 0. The zero-order valence-electron chi connectivity index (χ0n) is 12.2. The van der Waals surface area contributed by atoms with E-state index in [9.17, 15) is 4.79 Å². The SMILES string of the molecule is O=C1NC(c2[nH]nc(I)c2-c2ccccc2)Cc2ccccc21. The van der Waals surface area contributed by atoms with E-state index in [1.54, 1.807) is 0 Å². The fourth-order valence-corrected chi connectivity index (χ4v) is 3.79. The van der Waals surface area contributed by atoms with Gasteiger partial charge in [0, 0.05) is 11.1 Å². The second-order valence-electron chi connectivity index (χ2n) is 5.56. The molecule has 1 aliphatic rings. The van der Waals surface area contributed by atoms with Crippen molar-refractivity contribution in [3.63, 3.8) is 0 Å². The Bertz CT molecular complexity index is 873. The normalized spacial score (nSPS) is 16.7. The van der Waals surface area contributed by atoms with E-state index in [0.717, 1.165) is 38.1 Å². The van der Waals surface area contributed by atoms with Gasteiger partial charge in [-0.3, -0.25) is 9.89 Å². The lowest BCUT2D eigenvalue weighted by Gasteiger charge is -2.25. The summed E-state index contributed by atoms with van der Waals surface area (Å²) in [6.07, 6.45) is 0.764. The van der Waals surface area contributed by atoms with Crippen molar-refractivity contribution in [3.8, 4) is 11.1 Å². The van der Waals surface area contributed by atoms with E-state index in [1.165, 1.54) is 0 Å². The Labute approximate surface area is 147 Å². The van der Waals surface area contributed by atoms with E-state index in [1.807, 2.05) is 42.5 Å². The minimum atomic E-state index is -0.0939. The first-order valence-electron chi connectivity index (χ1n) is 7.42. The largest absolute Gasteiger partial charge is 0.343 e. The Hall–Kier alpha value is -2.15. The number of aromatic amines is 1. The molecule has 0 saturated carbocycles. The predicted molar refractivity (Wildman–Crippen MR) is 97.1 cm³/mol. The standard InChI is InChI=1S/C18H14IN3O/c19-17-15(11-6-2-1-3-7-11)16(21-22-17)14-10-12-8-4-5-9-13(12)18(23)20-14/h1-9,14H,10H2,(H,20,23)(H,21,22). The molecule has 1 aliphatic heterocycles. The zero-order valence-corrected chi connectivity index (χ0v) is 14.4. The molecule has 0 bridgehead atoms. The first-order valence-corrected chi connectivity index (χ1v) is 8.50. The van der Waals surface area contributed by atoms with Crippen LogP contribution >= 0.6 is 22.6 Å². The molecule has 1 unspecified atom stereocenters. The highest BCUT2D eigenvalue weighted by atomic mass is 127. The maximum atomic E-state index is 12.4. The number of aromatic nitrogens is 2. The number of hydrogen-bond donors (Lipinski definition) is 2. The molecule has 2 aromatic carbocycles. The number of hydrogen-bond acceptors (Lipinski definition) is 2. The van der Waals surface area contributed by atoms with Crippen LogP contribution in [-0.2, 0) is 6.42 Å². The molecule has 0 saturated heterocycles. The third-order valence-electron chi connectivity index (χ3n) is 4.15. The summed E-state index contributed by atoms with van der Waals surface area (Å²) in [5.41, 5.74) is 4.97. The minimum Gasteiger partial charge on any atom is -0.343 e. The summed E-state index contributed by atoms with van der Waals surface area (Å²) >= 11 is 2.23. The molecule has 1 amide bonds. The van der Waals surface area contributed by atoms with E-state index in [4.69, 9.17) is 0 Å². The highest BCUT2D eigenvalue weighted by Crippen LogP contribution is 2.34. The van der Waals surface area contributed by atoms with Gasteiger partial charge in [0.05, 0.1) is 11.7 Å². The van der Waals surface area contributed by atoms with Crippen LogP contribution in [0.2, 0.25) is 0 Å². The van der Waals surface area contributed by atoms with Crippen molar-refractivity contribution in [2.45, 2.75) is 12.5 Å². The van der Waals surface area contributed by atoms with Crippen LogP contribution in [0.3, 0.4) is 0 Å². The molecule has 0 fully saturated rings. The Morgan fingerprint density at radius 2 is 1.78 bits per heavy atom. The number of nitrogens with one attached hydrogen (secondary N) is 2. The topological polar surface area (TPSA) is 57.8 Å². The Morgan fingerprint density at radius 1 is 1.04 bits per heavy atom. The third kappa shape index (κ3) is 2.55. The second kappa shape index (κ2) is 5.81. The van der Waals surface area contributed by atoms with E-state index in [-0.39, 0.29) is 11.9 Å². The van der Waals surface area contributed by atoms with Crippen molar-refractivity contribution < 1.29 is 4.79 Å². The van der Waals surface area contributed by atoms with Crippen LogP contribution in [0.4, 0.5) is 0 Å². The molecule has 4 rings (SSSR count). The molecule has 2 N–H and O–H groups in total. The van der Waals surface area contributed by atoms with Crippen LogP contribution in [0.15, 0.2) is 54.6 Å². The summed E-state index contributed by atoms with van der Waals surface area (Å²) < 4.78 is 0.914. The van der Waals surface area contributed by atoms with Crippen molar-refractivity contribution in [2.24, 2.45) is 0 Å². The molecule has 1 atom stereocenters. The Morgan fingerprint density at radius 3 is 2.61 bits per heavy atom. The summed E-state index contributed by atoms with van der Waals surface area (Å²) in [5.74, 6) is -0.0273. The van der Waals surface area contributed by atoms with Gasteiger partial charge in [-0.1, -0.05) is 48.5 Å². The zero-order chi connectivity index (χ0) is 15.8. The third-order valence-corrected chi connectivity index (χ3v) is 4.93. The molecular formula is C18H14IN3O. The van der Waals surface area contributed by atoms with E-state index in [0.29, 0.717) is 0 Å². The van der Waals surface area contributed by atoms with E-state index >= 15 is 0 Å². The lowest BCUT2D eigenvalue weighted by Crippen LogP contribution is -2.35. The number of fused-ring (bicyclic) bond motifs is 1. The van der Waals surface area contributed by atoms with Crippen molar-refractivity contribution in [3.05, 3.63) is 75.1 Å². The average Bonchev–Trinajstić information content (AvgIpc) is 2.97. The Kier molecular flexibility index (Phi) is 3.65. The maximum absolute atomic E-state index is 12.4. The molecular weight excluding hydrogens is 401 g/mol. The number of H-pyrrole nitrogens is 1. The van der Waals surface area contributed by atoms with Crippen LogP contribution in [0.25, 0.3) is 11.1 Å². The highest BCUT2D eigenvalue weighted by molar-refractivity contribution is 14.1. The number of carbonyl (C=O) groups excluding carboxylic acids is 1. The lowest BCUT2D eigenvalue weighted by molar-refractivity contribution is 0.0924. The Balaban J connectivity index is 1.78. The number of benzene rings is 2. The van der Waals surface area contributed by atoms with Gasteiger partial charge in [0.1, 0.15) is 3.70 Å². The highest BCUT2D eigenvalue weighted by Gasteiger charge is 2.29. The van der Waals surface area contributed by atoms with Crippen molar-refractivity contribution in [2.75, 3.05) is 0 Å². The second-order valence-corrected chi connectivity index (χ2v) is 6.58. The number of rotatable bonds is 2. The molecule has 0 radical (unpaired) electrons. The predicted octanol–water partition coefficient (Wildman–Crippen LogP) is 3.71. The lowest BCUT2D eigenvalue weighted by atomic mass is 9.91. The van der Waals surface area contributed by atoms with Crippen molar-refractivity contribution in [1.29, 1.82) is 0 Å². The molecule has 5 heteroatoms. The van der Waals surface area contributed by atoms with Crippen LogP contribution in [0.5, 0.6) is 0 Å². The first kappa shape index (κ1) is 14.4. The van der Waals surface area contributed by atoms with Gasteiger partial charge in [-0.2, -0.15) is 5.10 Å².